The molecule has 0 aliphatic carbocycles. The monoisotopic (exact) mass is 289 g/mol. The molecule has 1 atom stereocenters. The molecule has 2 aromatic rings. The first-order valence-electron chi connectivity index (χ1n) is 6.38. The first-order valence-corrected chi connectivity index (χ1v) is 7.53. The van der Waals surface area contributed by atoms with Crippen LogP contribution in [0.4, 0.5) is 0 Å². The van der Waals surface area contributed by atoms with Crippen molar-refractivity contribution >= 4 is 17.7 Å². The molecule has 0 bridgehead atoms. The van der Waals surface area contributed by atoms with Crippen molar-refractivity contribution in [2.24, 2.45) is 0 Å². The molecule has 1 aliphatic heterocycles. The fraction of sp³-hybridized carbons (Fsp3) is 0.267. The van der Waals surface area contributed by atoms with Gasteiger partial charge in [-0.25, -0.2) is 0 Å². The van der Waals surface area contributed by atoms with Gasteiger partial charge in [0, 0.05) is 11.5 Å². The highest BCUT2D eigenvalue weighted by Gasteiger charge is 2.35. The Bertz CT molecular complexity index is 611. The molecule has 0 radical (unpaired) electrons. The fourth-order valence-electron chi connectivity index (χ4n) is 2.38. The van der Waals surface area contributed by atoms with Gasteiger partial charge in [-0.05, 0) is 17.2 Å². The highest BCUT2D eigenvalue weighted by molar-refractivity contribution is 7.98. The van der Waals surface area contributed by atoms with E-state index in [0.29, 0.717) is 11.3 Å². The van der Waals surface area contributed by atoms with Crippen molar-refractivity contribution in [1.29, 1.82) is 0 Å². The molecule has 20 heavy (non-hydrogen) atoms. The lowest BCUT2D eigenvalue weighted by Crippen LogP contribution is -2.44. The molecule has 3 rings (SSSR count). The molecule has 1 unspecified atom stereocenters. The molecule has 2 heterocycles. The zero-order valence-electron chi connectivity index (χ0n) is 10.8. The van der Waals surface area contributed by atoms with E-state index in [1.807, 2.05) is 24.3 Å². The maximum atomic E-state index is 11.9. The topological polar surface area (TPSA) is 62.5 Å². The van der Waals surface area contributed by atoms with Crippen LogP contribution in [0.15, 0.2) is 47.3 Å². The summed E-state index contributed by atoms with van der Waals surface area (Å²) >= 11 is 1.67. The quantitative estimate of drug-likeness (QED) is 0.909. The third-order valence-electron chi connectivity index (χ3n) is 3.44. The lowest BCUT2D eigenvalue weighted by atomic mass is 9.91. The molecule has 0 saturated carbocycles. The van der Waals surface area contributed by atoms with E-state index < -0.39 is 5.60 Å². The van der Waals surface area contributed by atoms with Crippen molar-refractivity contribution in [2.45, 2.75) is 11.4 Å². The predicted molar refractivity (Wildman–Crippen MR) is 77.5 cm³/mol. The summed E-state index contributed by atoms with van der Waals surface area (Å²) in [4.78, 5) is 11.9. The minimum atomic E-state index is -1.01. The Hall–Kier alpha value is -1.72. The van der Waals surface area contributed by atoms with Crippen LogP contribution in [-0.2, 0) is 11.4 Å². The predicted octanol–water partition coefficient (Wildman–Crippen LogP) is 2.14. The number of hydrogen-bond donors (Lipinski definition) is 2. The number of thioether (sulfide) groups is 1. The second kappa shape index (κ2) is 5.34. The van der Waals surface area contributed by atoms with E-state index >= 15 is 0 Å². The van der Waals surface area contributed by atoms with Crippen LogP contribution in [0.3, 0.4) is 0 Å². The Labute approximate surface area is 121 Å². The summed E-state index contributed by atoms with van der Waals surface area (Å²) in [6, 6.07) is 9.43. The second-order valence-electron chi connectivity index (χ2n) is 4.88. The summed E-state index contributed by atoms with van der Waals surface area (Å²) in [6.07, 6.45) is 2.85. The maximum Gasteiger partial charge on any atom is 0.254 e. The van der Waals surface area contributed by atoms with Gasteiger partial charge in [-0.15, -0.1) is 0 Å². The lowest BCUT2D eigenvalue weighted by Gasteiger charge is -2.34. The normalized spacial score (nSPS) is 21.2. The van der Waals surface area contributed by atoms with Gasteiger partial charge in [0.2, 0.25) is 0 Å². The third kappa shape index (κ3) is 2.46. The highest BCUT2D eigenvalue weighted by atomic mass is 32.2. The van der Waals surface area contributed by atoms with Crippen LogP contribution in [-0.4, -0.2) is 23.3 Å². The third-order valence-corrected chi connectivity index (χ3v) is 4.64. The van der Waals surface area contributed by atoms with Crippen LogP contribution in [0.5, 0.6) is 0 Å². The number of rotatable bonds is 3. The Balaban J connectivity index is 1.76. The van der Waals surface area contributed by atoms with E-state index in [4.69, 9.17) is 4.42 Å². The van der Waals surface area contributed by atoms with Gasteiger partial charge in [0.05, 0.1) is 18.4 Å². The summed E-state index contributed by atoms with van der Waals surface area (Å²) < 4.78 is 4.88. The highest BCUT2D eigenvalue weighted by Crippen LogP contribution is 2.35. The lowest BCUT2D eigenvalue weighted by molar-refractivity contribution is 0.0552. The van der Waals surface area contributed by atoms with Gasteiger partial charge >= 0.3 is 0 Å². The van der Waals surface area contributed by atoms with Gasteiger partial charge in [0.25, 0.3) is 5.91 Å². The average molecular weight is 289 g/mol. The zero-order chi connectivity index (χ0) is 14.0. The van der Waals surface area contributed by atoms with Gasteiger partial charge in [0.15, 0.2) is 0 Å². The molecule has 1 aromatic heterocycles. The average Bonchev–Trinajstić information content (AvgIpc) is 3.00. The minimum Gasteiger partial charge on any atom is -0.472 e. The molecular weight excluding hydrogens is 274 g/mol. The van der Waals surface area contributed by atoms with Crippen molar-refractivity contribution in [3.8, 4) is 0 Å². The van der Waals surface area contributed by atoms with Crippen molar-refractivity contribution < 1.29 is 14.3 Å². The van der Waals surface area contributed by atoms with E-state index in [1.54, 1.807) is 17.8 Å². The number of carbonyl (C=O) groups excluding carboxylic acids is 1. The number of hydrogen-bond acceptors (Lipinski definition) is 4. The van der Waals surface area contributed by atoms with Gasteiger partial charge in [-0.1, -0.05) is 24.3 Å². The van der Waals surface area contributed by atoms with Gasteiger partial charge in [-0.2, -0.15) is 11.8 Å². The van der Waals surface area contributed by atoms with Crippen molar-refractivity contribution in [3.63, 3.8) is 0 Å². The van der Waals surface area contributed by atoms with Gasteiger partial charge in [0.1, 0.15) is 11.9 Å². The van der Waals surface area contributed by atoms with E-state index in [9.17, 15) is 9.90 Å². The number of amides is 1. The molecule has 1 aromatic carbocycles. The standard InChI is InChI=1S/C15H15NO3S/c17-14(11-5-6-19-7-11)16-9-15(18)10-20-8-12-3-1-2-4-13(12)15/h1-7,18H,8-10H2,(H,16,17). The summed E-state index contributed by atoms with van der Waals surface area (Å²) in [6.45, 7) is 0.195. The molecule has 1 aliphatic rings. The van der Waals surface area contributed by atoms with E-state index in [2.05, 4.69) is 5.32 Å². The number of nitrogens with one attached hydrogen (secondary N) is 1. The molecule has 1 amide bonds. The molecule has 0 fully saturated rings. The minimum absolute atomic E-state index is 0.195. The first kappa shape index (κ1) is 13.3. The first-order chi connectivity index (χ1) is 9.69. The molecular formula is C15H15NO3S. The van der Waals surface area contributed by atoms with Crippen LogP contribution in [0.2, 0.25) is 0 Å². The van der Waals surface area contributed by atoms with Gasteiger partial charge in [-0.3, -0.25) is 4.79 Å². The van der Waals surface area contributed by atoms with Crippen LogP contribution in [0, 0.1) is 0 Å². The van der Waals surface area contributed by atoms with E-state index in [0.717, 1.165) is 16.9 Å². The molecule has 5 heteroatoms. The fourth-order valence-corrected chi connectivity index (χ4v) is 3.55. The van der Waals surface area contributed by atoms with Crippen molar-refractivity contribution in [1.82, 2.24) is 5.32 Å². The van der Waals surface area contributed by atoms with Crippen LogP contribution in [0.1, 0.15) is 21.5 Å². The second-order valence-corrected chi connectivity index (χ2v) is 5.86. The smallest absolute Gasteiger partial charge is 0.254 e. The Morgan fingerprint density at radius 2 is 2.25 bits per heavy atom. The summed E-state index contributed by atoms with van der Waals surface area (Å²) in [5, 5.41) is 13.6. The largest absolute Gasteiger partial charge is 0.472 e. The molecule has 4 nitrogen and oxygen atoms in total. The van der Waals surface area contributed by atoms with Gasteiger partial charge < -0.3 is 14.8 Å². The number of furan rings is 1. The number of benzene rings is 1. The zero-order valence-corrected chi connectivity index (χ0v) is 11.7. The van der Waals surface area contributed by atoms with E-state index in [-0.39, 0.29) is 12.5 Å². The Kier molecular flexibility index (Phi) is 3.54. The number of aliphatic hydroxyl groups is 1. The summed E-state index contributed by atoms with van der Waals surface area (Å²) in [5.74, 6) is 1.24. The van der Waals surface area contributed by atoms with Crippen molar-refractivity contribution in [2.75, 3.05) is 12.3 Å². The summed E-state index contributed by atoms with van der Waals surface area (Å²) in [7, 11) is 0. The Morgan fingerprint density at radius 3 is 3.05 bits per heavy atom. The molecule has 104 valence electrons. The SMILES string of the molecule is O=C(NCC1(O)CSCc2ccccc21)c1ccoc1. The van der Waals surface area contributed by atoms with Crippen LogP contribution in [0.25, 0.3) is 0 Å². The van der Waals surface area contributed by atoms with E-state index in [1.165, 1.54) is 12.5 Å². The number of fused-ring (bicyclic) bond motifs is 1. The molecule has 0 saturated heterocycles. The number of carbonyl (C=O) groups is 1. The van der Waals surface area contributed by atoms with Crippen LogP contribution < -0.4 is 5.32 Å². The Morgan fingerprint density at radius 1 is 1.40 bits per heavy atom. The molecule has 2 N–H and O–H groups in total. The maximum absolute atomic E-state index is 11.9. The molecule has 0 spiro atoms. The van der Waals surface area contributed by atoms with Crippen LogP contribution >= 0.6 is 11.8 Å². The van der Waals surface area contributed by atoms with Crippen molar-refractivity contribution in [3.05, 3.63) is 59.5 Å². The summed E-state index contributed by atoms with van der Waals surface area (Å²) in [5.41, 5.74) is 1.49.